The number of rotatable bonds is 4. The number of nitrogens with zero attached hydrogens (tertiary/aromatic N) is 3. The van der Waals surface area contributed by atoms with Crippen molar-refractivity contribution in [1.29, 1.82) is 0 Å². The quantitative estimate of drug-likeness (QED) is 0.886. The lowest BCUT2D eigenvalue weighted by molar-refractivity contribution is 0.263. The van der Waals surface area contributed by atoms with E-state index in [1.54, 1.807) is 0 Å². The normalized spacial score (nSPS) is 15.5. The van der Waals surface area contributed by atoms with Gasteiger partial charge in [0.2, 0.25) is 0 Å². The molecule has 2 aromatic rings. The van der Waals surface area contributed by atoms with Crippen LogP contribution in [-0.2, 0) is 6.61 Å². The van der Waals surface area contributed by atoms with Crippen molar-refractivity contribution in [2.75, 3.05) is 31.1 Å². The molecule has 0 amide bonds. The van der Waals surface area contributed by atoms with E-state index in [4.69, 9.17) is 9.15 Å². The molecule has 1 aromatic heterocycles. The van der Waals surface area contributed by atoms with Crippen LogP contribution in [0.5, 0.6) is 5.75 Å². The molecule has 0 unspecified atom stereocenters. The molecular formula is C13H16N4O2. The number of aromatic nitrogens is 2. The first kappa shape index (κ1) is 12.0. The summed E-state index contributed by atoms with van der Waals surface area (Å²) >= 11 is 0. The Bertz CT molecular complexity index is 508. The van der Waals surface area contributed by atoms with E-state index in [0.29, 0.717) is 18.5 Å². The number of hydrogen-bond acceptors (Lipinski definition) is 6. The molecule has 100 valence electrons. The molecule has 0 spiro atoms. The van der Waals surface area contributed by atoms with E-state index >= 15 is 0 Å². The molecule has 3 rings (SSSR count). The lowest BCUT2D eigenvalue weighted by Crippen LogP contribution is -2.43. The maximum absolute atomic E-state index is 5.60. The highest BCUT2D eigenvalue weighted by Crippen LogP contribution is 2.15. The first-order chi connectivity index (χ1) is 9.42. The SMILES string of the molecule is c1ccc(OCc2nnc(N3CCNCC3)o2)cc1. The molecule has 19 heavy (non-hydrogen) atoms. The van der Waals surface area contributed by atoms with Crippen LogP contribution < -0.4 is 15.0 Å². The van der Waals surface area contributed by atoms with Gasteiger partial charge in [-0.3, -0.25) is 0 Å². The van der Waals surface area contributed by atoms with Gasteiger partial charge >= 0.3 is 6.01 Å². The van der Waals surface area contributed by atoms with E-state index < -0.39 is 0 Å². The van der Waals surface area contributed by atoms with Crippen LogP contribution in [0.25, 0.3) is 0 Å². The summed E-state index contributed by atoms with van der Waals surface area (Å²) in [5.74, 6) is 1.29. The summed E-state index contributed by atoms with van der Waals surface area (Å²) < 4.78 is 11.2. The summed E-state index contributed by atoms with van der Waals surface area (Å²) in [4.78, 5) is 2.08. The molecular weight excluding hydrogens is 244 g/mol. The molecule has 1 aliphatic heterocycles. The second-order valence-corrected chi connectivity index (χ2v) is 4.32. The third-order valence-electron chi connectivity index (χ3n) is 2.95. The van der Waals surface area contributed by atoms with Crippen LogP contribution in [0, 0.1) is 0 Å². The average Bonchev–Trinajstić information content (AvgIpc) is 2.96. The van der Waals surface area contributed by atoms with Crippen LogP contribution in [0.4, 0.5) is 6.01 Å². The number of ether oxygens (including phenoxy) is 1. The van der Waals surface area contributed by atoms with E-state index in [-0.39, 0.29) is 0 Å². The lowest BCUT2D eigenvalue weighted by Gasteiger charge is -2.24. The van der Waals surface area contributed by atoms with Crippen molar-refractivity contribution < 1.29 is 9.15 Å². The highest BCUT2D eigenvalue weighted by Gasteiger charge is 2.16. The molecule has 0 aliphatic carbocycles. The van der Waals surface area contributed by atoms with E-state index in [2.05, 4.69) is 20.4 Å². The standard InChI is InChI=1S/C13H16N4O2/c1-2-4-11(5-3-1)18-10-12-15-16-13(19-12)17-8-6-14-7-9-17/h1-5,14H,6-10H2. The van der Waals surface area contributed by atoms with E-state index in [1.165, 1.54) is 0 Å². The Balaban J connectivity index is 1.58. The van der Waals surface area contributed by atoms with Crippen molar-refractivity contribution >= 4 is 6.01 Å². The van der Waals surface area contributed by atoms with Gasteiger partial charge in [0, 0.05) is 26.2 Å². The van der Waals surface area contributed by atoms with Crippen molar-refractivity contribution in [1.82, 2.24) is 15.5 Å². The number of piperazine rings is 1. The molecule has 1 aromatic carbocycles. The lowest BCUT2D eigenvalue weighted by atomic mass is 10.3. The summed E-state index contributed by atoms with van der Waals surface area (Å²) in [6.45, 7) is 3.96. The number of para-hydroxylation sites is 1. The maximum Gasteiger partial charge on any atom is 0.318 e. The first-order valence-electron chi connectivity index (χ1n) is 6.38. The van der Waals surface area contributed by atoms with E-state index in [1.807, 2.05) is 30.3 Å². The zero-order valence-corrected chi connectivity index (χ0v) is 10.6. The monoisotopic (exact) mass is 260 g/mol. The molecule has 1 aliphatic rings. The van der Waals surface area contributed by atoms with Crippen LogP contribution in [-0.4, -0.2) is 36.4 Å². The van der Waals surface area contributed by atoms with E-state index in [0.717, 1.165) is 31.9 Å². The summed E-state index contributed by atoms with van der Waals surface area (Å²) in [7, 11) is 0. The topological polar surface area (TPSA) is 63.4 Å². The number of benzene rings is 1. The van der Waals surface area contributed by atoms with Crippen molar-refractivity contribution in [2.45, 2.75) is 6.61 Å². The Morgan fingerprint density at radius 2 is 1.95 bits per heavy atom. The highest BCUT2D eigenvalue weighted by atomic mass is 16.5. The van der Waals surface area contributed by atoms with Crippen LogP contribution in [0.2, 0.25) is 0 Å². The minimum absolute atomic E-state index is 0.295. The van der Waals surface area contributed by atoms with Crippen LogP contribution >= 0.6 is 0 Å². The molecule has 0 radical (unpaired) electrons. The van der Waals surface area contributed by atoms with E-state index in [9.17, 15) is 0 Å². The maximum atomic E-state index is 5.60. The van der Waals surface area contributed by atoms with Gasteiger partial charge in [-0.15, -0.1) is 5.10 Å². The molecule has 1 saturated heterocycles. The Morgan fingerprint density at radius 3 is 2.74 bits per heavy atom. The van der Waals surface area contributed by atoms with Gasteiger partial charge < -0.3 is 19.4 Å². The first-order valence-corrected chi connectivity index (χ1v) is 6.38. The van der Waals surface area contributed by atoms with Crippen LogP contribution in [0.1, 0.15) is 5.89 Å². The summed E-state index contributed by atoms with van der Waals surface area (Å²) in [6.07, 6.45) is 0. The second-order valence-electron chi connectivity index (χ2n) is 4.32. The average molecular weight is 260 g/mol. The molecule has 6 heteroatoms. The van der Waals surface area contributed by atoms with Crippen molar-refractivity contribution in [3.05, 3.63) is 36.2 Å². The predicted molar refractivity (Wildman–Crippen MR) is 70.2 cm³/mol. The Labute approximate surface area is 111 Å². The van der Waals surface area contributed by atoms with Gasteiger partial charge in [0.05, 0.1) is 0 Å². The minimum Gasteiger partial charge on any atom is -0.484 e. The Morgan fingerprint density at radius 1 is 1.16 bits per heavy atom. The third kappa shape index (κ3) is 3.03. The molecule has 6 nitrogen and oxygen atoms in total. The second kappa shape index (κ2) is 5.71. The summed E-state index contributed by atoms with van der Waals surface area (Å²) in [5.41, 5.74) is 0. The van der Waals surface area contributed by atoms with Gasteiger partial charge in [0.25, 0.3) is 5.89 Å². The zero-order valence-electron chi connectivity index (χ0n) is 10.6. The molecule has 0 bridgehead atoms. The fraction of sp³-hybridized carbons (Fsp3) is 0.385. The number of hydrogen-bond donors (Lipinski definition) is 1. The fourth-order valence-corrected chi connectivity index (χ4v) is 1.95. The van der Waals surface area contributed by atoms with Crippen molar-refractivity contribution in [3.63, 3.8) is 0 Å². The van der Waals surface area contributed by atoms with Gasteiger partial charge in [-0.05, 0) is 12.1 Å². The predicted octanol–water partition coefficient (Wildman–Crippen LogP) is 1.06. The highest BCUT2D eigenvalue weighted by molar-refractivity contribution is 5.25. The van der Waals surface area contributed by atoms with Crippen molar-refractivity contribution in [3.8, 4) is 5.75 Å². The van der Waals surface area contributed by atoms with Gasteiger partial charge in [-0.2, -0.15) is 0 Å². The Hall–Kier alpha value is -2.08. The largest absolute Gasteiger partial charge is 0.484 e. The number of nitrogens with one attached hydrogen (secondary N) is 1. The van der Waals surface area contributed by atoms with Crippen LogP contribution in [0.3, 0.4) is 0 Å². The van der Waals surface area contributed by atoms with Gasteiger partial charge in [-0.25, -0.2) is 0 Å². The summed E-state index contributed by atoms with van der Waals surface area (Å²) in [6, 6.07) is 10.2. The summed E-state index contributed by atoms with van der Waals surface area (Å²) in [5, 5.41) is 11.3. The molecule has 0 atom stereocenters. The molecule has 1 fully saturated rings. The molecule has 2 heterocycles. The van der Waals surface area contributed by atoms with Gasteiger partial charge in [-0.1, -0.05) is 23.3 Å². The minimum atomic E-state index is 0.295. The number of anilines is 1. The van der Waals surface area contributed by atoms with Crippen molar-refractivity contribution in [2.24, 2.45) is 0 Å². The van der Waals surface area contributed by atoms with Gasteiger partial charge in [0.1, 0.15) is 5.75 Å². The Kier molecular flexibility index (Phi) is 3.60. The zero-order chi connectivity index (χ0) is 12.9. The third-order valence-corrected chi connectivity index (χ3v) is 2.95. The van der Waals surface area contributed by atoms with Crippen LogP contribution in [0.15, 0.2) is 34.7 Å². The smallest absolute Gasteiger partial charge is 0.318 e. The molecule has 0 saturated carbocycles. The fourth-order valence-electron chi connectivity index (χ4n) is 1.95. The van der Waals surface area contributed by atoms with Gasteiger partial charge in [0.15, 0.2) is 6.61 Å². The molecule has 1 N–H and O–H groups in total.